The molecule has 2 aliphatic rings. The number of urea groups is 1. The van der Waals surface area contributed by atoms with Gasteiger partial charge in [0.15, 0.2) is 0 Å². The van der Waals surface area contributed by atoms with E-state index < -0.39 is 17.5 Å². The van der Waals surface area contributed by atoms with Gasteiger partial charge in [-0.1, -0.05) is 12.1 Å². The number of imide groups is 1. The number of hydrogen-bond acceptors (Lipinski definition) is 4. The van der Waals surface area contributed by atoms with Crippen molar-refractivity contribution >= 4 is 23.8 Å². The quantitative estimate of drug-likeness (QED) is 0.670. The summed E-state index contributed by atoms with van der Waals surface area (Å²) in [5.41, 5.74) is 0.239. The molecule has 0 spiro atoms. The van der Waals surface area contributed by atoms with Gasteiger partial charge in [-0.2, -0.15) is 0 Å². The van der Waals surface area contributed by atoms with Crippen LogP contribution >= 0.6 is 0 Å². The van der Waals surface area contributed by atoms with Crippen LogP contribution in [0.25, 0.3) is 0 Å². The number of likely N-dealkylation sites (tertiary alicyclic amines) is 1. The fourth-order valence-corrected chi connectivity index (χ4v) is 3.77. The topological polar surface area (TPSA) is 116 Å². The summed E-state index contributed by atoms with van der Waals surface area (Å²) in [6.07, 6.45) is 2.22. The summed E-state index contributed by atoms with van der Waals surface area (Å²) < 4.78 is 0. The van der Waals surface area contributed by atoms with Gasteiger partial charge in [-0.15, -0.1) is 0 Å². The number of nitrogens with one attached hydrogen (secondary N) is 2. The molecule has 0 saturated carbocycles. The third kappa shape index (κ3) is 3.94. The van der Waals surface area contributed by atoms with E-state index in [1.165, 1.54) is 12.1 Å². The Morgan fingerprint density at radius 1 is 1.19 bits per heavy atom. The maximum Gasteiger partial charge on any atom is 0.335 e. The van der Waals surface area contributed by atoms with E-state index in [1.807, 2.05) is 0 Å². The van der Waals surface area contributed by atoms with E-state index >= 15 is 0 Å². The van der Waals surface area contributed by atoms with Crippen LogP contribution in [0.4, 0.5) is 4.79 Å². The summed E-state index contributed by atoms with van der Waals surface area (Å²) in [6, 6.07) is 6.07. The molecule has 27 heavy (non-hydrogen) atoms. The van der Waals surface area contributed by atoms with E-state index in [-0.39, 0.29) is 23.3 Å². The van der Waals surface area contributed by atoms with E-state index in [0.29, 0.717) is 38.8 Å². The molecular weight excluding hydrogens is 350 g/mol. The minimum Gasteiger partial charge on any atom is -0.478 e. The number of carbonyl (C=O) groups is 4. The number of carboxylic acid groups (broad SMARTS) is 1. The fourth-order valence-electron chi connectivity index (χ4n) is 3.77. The van der Waals surface area contributed by atoms with Gasteiger partial charge >= 0.3 is 12.0 Å². The molecule has 1 aromatic rings. The third-order valence-electron chi connectivity index (χ3n) is 5.56. The zero-order chi connectivity index (χ0) is 19.6. The first-order valence-electron chi connectivity index (χ1n) is 9.03. The van der Waals surface area contributed by atoms with Gasteiger partial charge in [0.1, 0.15) is 5.54 Å². The summed E-state index contributed by atoms with van der Waals surface area (Å²) in [5, 5.41) is 13.9. The second kappa shape index (κ2) is 7.38. The normalized spacial score (nSPS) is 23.1. The van der Waals surface area contributed by atoms with Crippen LogP contribution in [0.3, 0.4) is 0 Å². The van der Waals surface area contributed by atoms with Crippen LogP contribution in [0.5, 0.6) is 0 Å². The average molecular weight is 373 g/mol. The van der Waals surface area contributed by atoms with E-state index in [1.54, 1.807) is 24.0 Å². The molecular formula is C19H23N3O5. The van der Waals surface area contributed by atoms with Crippen LogP contribution in [0, 0.1) is 5.92 Å². The number of aromatic carboxylic acids is 1. The lowest BCUT2D eigenvalue weighted by atomic mass is 9.79. The zero-order valence-corrected chi connectivity index (χ0v) is 15.2. The number of piperidine rings is 1. The fraction of sp³-hybridized carbons (Fsp3) is 0.474. The maximum atomic E-state index is 12.5. The minimum atomic E-state index is -0.971. The van der Waals surface area contributed by atoms with Crippen LogP contribution in [-0.2, 0) is 16.0 Å². The number of carbonyl (C=O) groups excluding carboxylic acids is 3. The first-order valence-corrected chi connectivity index (χ1v) is 9.03. The summed E-state index contributed by atoms with van der Waals surface area (Å²) in [7, 11) is 0. The van der Waals surface area contributed by atoms with Crippen molar-refractivity contribution in [3.05, 3.63) is 35.4 Å². The van der Waals surface area contributed by atoms with E-state index in [2.05, 4.69) is 10.6 Å². The molecule has 0 aliphatic carbocycles. The SMILES string of the molecule is C[C@]1(C2CCN(C(=O)CCc3ccc(C(=O)O)cc3)CC2)NC(=O)NC1=O. The number of benzene rings is 1. The predicted molar refractivity (Wildman–Crippen MR) is 96.1 cm³/mol. The summed E-state index contributed by atoms with van der Waals surface area (Å²) >= 11 is 0. The van der Waals surface area contributed by atoms with Crippen molar-refractivity contribution in [3.8, 4) is 0 Å². The minimum absolute atomic E-state index is 0.00318. The molecule has 2 aliphatic heterocycles. The number of carboxylic acids is 1. The predicted octanol–water partition coefficient (Wildman–Crippen LogP) is 1.15. The van der Waals surface area contributed by atoms with E-state index in [0.717, 1.165) is 5.56 Å². The first kappa shape index (κ1) is 18.9. The molecule has 2 saturated heterocycles. The molecule has 3 N–H and O–H groups in total. The Balaban J connectivity index is 1.49. The Morgan fingerprint density at radius 3 is 2.33 bits per heavy atom. The molecule has 2 heterocycles. The molecule has 8 heteroatoms. The molecule has 1 atom stereocenters. The largest absolute Gasteiger partial charge is 0.478 e. The molecule has 0 unspecified atom stereocenters. The number of aryl methyl sites for hydroxylation is 1. The van der Waals surface area contributed by atoms with Crippen molar-refractivity contribution < 1.29 is 24.3 Å². The zero-order valence-electron chi connectivity index (χ0n) is 15.2. The molecule has 3 rings (SSSR count). The van der Waals surface area contributed by atoms with Crippen molar-refractivity contribution in [3.63, 3.8) is 0 Å². The van der Waals surface area contributed by atoms with Gasteiger partial charge in [0.25, 0.3) is 5.91 Å². The monoisotopic (exact) mass is 373 g/mol. The first-order chi connectivity index (χ1) is 12.8. The highest BCUT2D eigenvalue weighted by Crippen LogP contribution is 2.30. The van der Waals surface area contributed by atoms with E-state index in [4.69, 9.17) is 5.11 Å². The van der Waals surface area contributed by atoms with Crippen molar-refractivity contribution in [1.29, 1.82) is 0 Å². The number of nitrogens with zero attached hydrogens (tertiary/aromatic N) is 1. The smallest absolute Gasteiger partial charge is 0.335 e. The lowest BCUT2D eigenvalue weighted by Gasteiger charge is -2.38. The maximum absolute atomic E-state index is 12.5. The molecule has 1 aromatic carbocycles. The number of amides is 4. The highest BCUT2D eigenvalue weighted by Gasteiger charge is 2.48. The van der Waals surface area contributed by atoms with Crippen LogP contribution < -0.4 is 10.6 Å². The van der Waals surface area contributed by atoms with Gasteiger partial charge in [-0.05, 0) is 49.8 Å². The third-order valence-corrected chi connectivity index (χ3v) is 5.56. The molecule has 0 bridgehead atoms. The van der Waals surface area contributed by atoms with Crippen molar-refractivity contribution in [1.82, 2.24) is 15.5 Å². The van der Waals surface area contributed by atoms with Crippen LogP contribution in [0.15, 0.2) is 24.3 Å². The Labute approximate surface area is 156 Å². The molecule has 0 radical (unpaired) electrons. The molecule has 144 valence electrons. The van der Waals surface area contributed by atoms with Gasteiger partial charge in [0, 0.05) is 19.5 Å². The lowest BCUT2D eigenvalue weighted by Crippen LogP contribution is -2.54. The summed E-state index contributed by atoms with van der Waals surface area (Å²) in [4.78, 5) is 48.6. The van der Waals surface area contributed by atoms with Crippen LogP contribution in [0.2, 0.25) is 0 Å². The van der Waals surface area contributed by atoms with Gasteiger partial charge in [-0.3, -0.25) is 14.9 Å². The molecule has 8 nitrogen and oxygen atoms in total. The summed E-state index contributed by atoms with van der Waals surface area (Å²) in [5.74, 6) is -1.24. The highest BCUT2D eigenvalue weighted by atomic mass is 16.4. The Bertz CT molecular complexity index is 768. The standard InChI is InChI=1S/C19H23N3O5/c1-19(17(26)20-18(27)21-19)14-8-10-22(11-9-14)15(23)7-4-12-2-5-13(6-3-12)16(24)25/h2-3,5-6,14H,4,7-11H2,1H3,(H,24,25)(H2,20,21,26,27)/t19-/m1/s1. The second-order valence-electron chi connectivity index (χ2n) is 7.27. The Morgan fingerprint density at radius 2 is 1.81 bits per heavy atom. The Hall–Kier alpha value is -2.90. The second-order valence-corrected chi connectivity index (χ2v) is 7.27. The lowest BCUT2D eigenvalue weighted by molar-refractivity contribution is -0.133. The Kier molecular flexibility index (Phi) is 5.16. The van der Waals surface area contributed by atoms with Crippen molar-refractivity contribution in [2.75, 3.05) is 13.1 Å². The van der Waals surface area contributed by atoms with Crippen LogP contribution in [-0.4, -0.2) is 52.4 Å². The molecule has 2 fully saturated rings. The summed E-state index contributed by atoms with van der Waals surface area (Å²) in [6.45, 7) is 2.84. The van der Waals surface area contributed by atoms with Gasteiger partial charge in [0.05, 0.1) is 5.56 Å². The van der Waals surface area contributed by atoms with Crippen LogP contribution in [0.1, 0.15) is 42.1 Å². The van der Waals surface area contributed by atoms with Crippen molar-refractivity contribution in [2.45, 2.75) is 38.1 Å². The van der Waals surface area contributed by atoms with Gasteiger partial charge < -0.3 is 15.3 Å². The highest BCUT2D eigenvalue weighted by molar-refractivity contribution is 6.07. The molecule has 4 amide bonds. The number of hydrogen-bond donors (Lipinski definition) is 3. The average Bonchev–Trinajstić information content (AvgIpc) is 2.93. The van der Waals surface area contributed by atoms with Crippen molar-refractivity contribution in [2.24, 2.45) is 5.92 Å². The van der Waals surface area contributed by atoms with E-state index in [9.17, 15) is 19.2 Å². The van der Waals surface area contributed by atoms with Gasteiger partial charge in [0.2, 0.25) is 5.91 Å². The van der Waals surface area contributed by atoms with Gasteiger partial charge in [-0.25, -0.2) is 9.59 Å². The molecule has 0 aromatic heterocycles. The number of rotatable bonds is 5.